The lowest BCUT2D eigenvalue weighted by molar-refractivity contribution is -0.137. The van der Waals surface area contributed by atoms with Crippen molar-refractivity contribution in [3.63, 3.8) is 0 Å². The van der Waals surface area contributed by atoms with Gasteiger partial charge in [-0.1, -0.05) is 18.2 Å². The highest BCUT2D eigenvalue weighted by Crippen LogP contribution is 2.36. The smallest absolute Gasteiger partial charge is 0.306 e. The Kier molecular flexibility index (Phi) is 3.03. The van der Waals surface area contributed by atoms with Gasteiger partial charge in [0, 0.05) is 5.56 Å². The molecule has 2 N–H and O–H groups in total. The third-order valence-corrected chi connectivity index (χ3v) is 3.31. The van der Waals surface area contributed by atoms with Gasteiger partial charge in [0.15, 0.2) is 0 Å². The molecule has 22 heavy (non-hydrogen) atoms. The Hall–Kier alpha value is -3.01. The van der Waals surface area contributed by atoms with Gasteiger partial charge in [-0.25, -0.2) is 4.79 Å². The van der Waals surface area contributed by atoms with Crippen LogP contribution in [0.4, 0.5) is 13.2 Å². The monoisotopic (exact) mass is 303 g/mol. The van der Waals surface area contributed by atoms with Crippen molar-refractivity contribution in [3.8, 4) is 17.2 Å². The van der Waals surface area contributed by atoms with E-state index in [-0.39, 0.29) is 5.56 Å². The molecule has 110 valence electrons. The van der Waals surface area contributed by atoms with Gasteiger partial charge in [0.25, 0.3) is 0 Å². The number of H-pyrrole nitrogens is 2. The summed E-state index contributed by atoms with van der Waals surface area (Å²) in [4.78, 5) is 16.3. The van der Waals surface area contributed by atoms with Crippen molar-refractivity contribution in [1.82, 2.24) is 9.97 Å². The highest BCUT2D eigenvalue weighted by atomic mass is 19.4. The number of alkyl halides is 3. The molecule has 0 atom stereocenters. The Morgan fingerprint density at radius 2 is 1.77 bits per heavy atom. The van der Waals surface area contributed by atoms with E-state index in [9.17, 15) is 18.0 Å². The van der Waals surface area contributed by atoms with Crippen molar-refractivity contribution in [2.45, 2.75) is 6.18 Å². The minimum absolute atomic E-state index is 0.168. The summed E-state index contributed by atoms with van der Waals surface area (Å²) in [6, 6.07) is 9.86. The van der Waals surface area contributed by atoms with E-state index in [1.54, 1.807) is 18.2 Å². The number of fused-ring (bicyclic) bond motifs is 1. The van der Waals surface area contributed by atoms with E-state index in [2.05, 4.69) is 9.97 Å². The zero-order chi connectivity index (χ0) is 15.9. The molecule has 7 heteroatoms. The Bertz CT molecular complexity index is 961. The van der Waals surface area contributed by atoms with Crippen LogP contribution in [0.1, 0.15) is 11.1 Å². The number of hydrogen-bond donors (Lipinski definition) is 2. The van der Waals surface area contributed by atoms with Crippen molar-refractivity contribution in [1.29, 1.82) is 5.26 Å². The van der Waals surface area contributed by atoms with E-state index in [4.69, 9.17) is 5.26 Å². The number of hydrogen-bond acceptors (Lipinski definition) is 2. The van der Waals surface area contributed by atoms with Crippen molar-refractivity contribution in [2.75, 3.05) is 0 Å². The molecule has 0 unspecified atom stereocenters. The molecule has 4 nitrogen and oxygen atoms in total. The number of benzene rings is 2. The van der Waals surface area contributed by atoms with Crippen molar-refractivity contribution >= 4 is 11.0 Å². The number of nitrogens with one attached hydrogen (secondary N) is 2. The summed E-state index contributed by atoms with van der Waals surface area (Å²) in [6.45, 7) is 0. The number of nitrogens with zero attached hydrogens (tertiary/aromatic N) is 1. The fraction of sp³-hybridized carbons (Fsp3) is 0.0667. The zero-order valence-electron chi connectivity index (χ0n) is 11.0. The van der Waals surface area contributed by atoms with Gasteiger partial charge in [-0.05, 0) is 23.8 Å². The summed E-state index contributed by atoms with van der Waals surface area (Å²) in [5.41, 5.74) is -0.228. The highest BCUT2D eigenvalue weighted by Gasteiger charge is 2.34. The van der Waals surface area contributed by atoms with Gasteiger partial charge in [-0.2, -0.15) is 18.4 Å². The van der Waals surface area contributed by atoms with Crippen LogP contribution >= 0.6 is 0 Å². The fourth-order valence-corrected chi connectivity index (χ4v) is 2.35. The summed E-state index contributed by atoms with van der Waals surface area (Å²) in [6.07, 6.45) is -4.60. The average Bonchev–Trinajstić information content (AvgIpc) is 2.84. The summed E-state index contributed by atoms with van der Waals surface area (Å²) in [5.74, 6) is 0. The molecular formula is C15H8F3N3O. The van der Waals surface area contributed by atoms with Crippen molar-refractivity contribution in [3.05, 3.63) is 58.0 Å². The fourth-order valence-electron chi connectivity index (χ4n) is 2.35. The van der Waals surface area contributed by atoms with Crippen molar-refractivity contribution < 1.29 is 13.2 Å². The number of rotatable bonds is 1. The first-order chi connectivity index (χ1) is 10.4. The Balaban J connectivity index is 2.26. The summed E-state index contributed by atoms with van der Waals surface area (Å²) < 4.78 is 39.0. The Labute approximate surface area is 121 Å². The second-order valence-corrected chi connectivity index (χ2v) is 4.68. The van der Waals surface area contributed by atoms with Gasteiger partial charge in [0.05, 0.1) is 22.2 Å². The Morgan fingerprint density at radius 3 is 2.45 bits per heavy atom. The maximum atomic E-state index is 13.0. The van der Waals surface area contributed by atoms with E-state index in [1.807, 2.05) is 0 Å². The molecule has 0 aliphatic heterocycles. The first-order valence-electron chi connectivity index (χ1n) is 6.23. The molecule has 0 aliphatic carbocycles. The maximum absolute atomic E-state index is 13.0. The second kappa shape index (κ2) is 4.77. The average molecular weight is 303 g/mol. The standard InChI is InChI=1S/C15H8F3N3O/c16-15(17,18)11-3-1-2-9(10(11)7-19)8-4-5-12-13(6-8)21-14(22)20-12/h1-6H,(H2,20,21,22). The molecule has 0 amide bonds. The van der Waals surface area contributed by atoms with Gasteiger partial charge in [0.1, 0.15) is 6.07 Å². The van der Waals surface area contributed by atoms with Crippen LogP contribution in [-0.4, -0.2) is 9.97 Å². The number of aromatic amines is 2. The molecule has 0 spiro atoms. The van der Waals surface area contributed by atoms with Gasteiger partial charge in [-0.15, -0.1) is 0 Å². The number of imidazole rings is 1. The number of halogens is 3. The lowest BCUT2D eigenvalue weighted by Gasteiger charge is -2.12. The largest absolute Gasteiger partial charge is 0.417 e. The van der Waals surface area contributed by atoms with Crippen LogP contribution in [0.2, 0.25) is 0 Å². The van der Waals surface area contributed by atoms with E-state index in [0.717, 1.165) is 6.07 Å². The molecule has 0 aliphatic rings. The van der Waals surface area contributed by atoms with E-state index in [1.165, 1.54) is 18.2 Å². The van der Waals surface area contributed by atoms with E-state index >= 15 is 0 Å². The van der Waals surface area contributed by atoms with Gasteiger partial charge in [0.2, 0.25) is 0 Å². The minimum Gasteiger partial charge on any atom is -0.306 e. The second-order valence-electron chi connectivity index (χ2n) is 4.68. The number of aromatic nitrogens is 2. The van der Waals surface area contributed by atoms with Crippen LogP contribution < -0.4 is 5.69 Å². The molecule has 1 aromatic heterocycles. The lowest BCUT2D eigenvalue weighted by atomic mass is 9.95. The first kappa shape index (κ1) is 13.9. The Morgan fingerprint density at radius 1 is 1.05 bits per heavy atom. The van der Waals surface area contributed by atoms with E-state index < -0.39 is 23.0 Å². The molecule has 2 aromatic carbocycles. The van der Waals surface area contributed by atoms with Crippen LogP contribution in [0.3, 0.4) is 0 Å². The minimum atomic E-state index is -4.60. The molecular weight excluding hydrogens is 295 g/mol. The molecule has 0 bridgehead atoms. The lowest BCUT2D eigenvalue weighted by Crippen LogP contribution is -2.08. The third-order valence-electron chi connectivity index (χ3n) is 3.31. The van der Waals surface area contributed by atoms with E-state index in [0.29, 0.717) is 16.6 Å². The summed E-state index contributed by atoms with van der Waals surface area (Å²) in [7, 11) is 0. The first-order valence-corrected chi connectivity index (χ1v) is 6.23. The van der Waals surface area contributed by atoms with Crippen LogP contribution in [0.25, 0.3) is 22.2 Å². The topological polar surface area (TPSA) is 72.4 Å². The third kappa shape index (κ3) is 2.24. The van der Waals surface area contributed by atoms with Crippen LogP contribution in [0.15, 0.2) is 41.2 Å². The molecule has 0 fully saturated rings. The van der Waals surface area contributed by atoms with Crippen LogP contribution in [0.5, 0.6) is 0 Å². The zero-order valence-corrected chi connectivity index (χ0v) is 11.0. The molecule has 0 saturated carbocycles. The molecule has 0 radical (unpaired) electrons. The molecule has 1 heterocycles. The maximum Gasteiger partial charge on any atom is 0.417 e. The van der Waals surface area contributed by atoms with Crippen molar-refractivity contribution in [2.24, 2.45) is 0 Å². The number of nitriles is 1. The molecule has 3 rings (SSSR count). The molecule has 0 saturated heterocycles. The molecule has 3 aromatic rings. The van der Waals surface area contributed by atoms with Gasteiger partial charge in [-0.3, -0.25) is 0 Å². The van der Waals surface area contributed by atoms with Crippen LogP contribution in [-0.2, 0) is 6.18 Å². The van der Waals surface area contributed by atoms with Crippen LogP contribution in [0, 0.1) is 11.3 Å². The summed E-state index contributed by atoms with van der Waals surface area (Å²) in [5, 5.41) is 9.13. The SMILES string of the molecule is N#Cc1c(-c2ccc3[nH]c(=O)[nH]c3c2)cccc1C(F)(F)F. The normalized spacial score (nSPS) is 11.5. The highest BCUT2D eigenvalue weighted by molar-refractivity contribution is 5.83. The van der Waals surface area contributed by atoms with Gasteiger partial charge < -0.3 is 9.97 Å². The predicted molar refractivity (Wildman–Crippen MR) is 74.1 cm³/mol. The quantitative estimate of drug-likeness (QED) is 0.723. The van der Waals surface area contributed by atoms with Gasteiger partial charge >= 0.3 is 11.9 Å². The predicted octanol–water partition coefficient (Wildman–Crippen LogP) is 3.41. The summed E-state index contributed by atoms with van der Waals surface area (Å²) >= 11 is 0.